The van der Waals surface area contributed by atoms with Crippen molar-refractivity contribution in [1.82, 2.24) is 10.0 Å². The smallest absolute Gasteiger partial charge is 0.208 e. The second-order valence-electron chi connectivity index (χ2n) is 5.05. The molecule has 1 atom stereocenters. The van der Waals surface area contributed by atoms with Gasteiger partial charge >= 0.3 is 0 Å². The van der Waals surface area contributed by atoms with Crippen molar-refractivity contribution in [3.05, 3.63) is 29.3 Å². The van der Waals surface area contributed by atoms with E-state index in [9.17, 15) is 8.42 Å². The Morgan fingerprint density at radius 3 is 2.85 bits per heavy atom. The van der Waals surface area contributed by atoms with Gasteiger partial charge in [0.15, 0.2) is 0 Å². The van der Waals surface area contributed by atoms with Crippen molar-refractivity contribution < 1.29 is 13.2 Å². The van der Waals surface area contributed by atoms with E-state index in [2.05, 4.69) is 29.1 Å². The van der Waals surface area contributed by atoms with Gasteiger partial charge in [0.1, 0.15) is 5.75 Å². The molecule has 0 spiro atoms. The molecule has 0 saturated carbocycles. The van der Waals surface area contributed by atoms with Crippen LogP contribution in [0.2, 0.25) is 0 Å². The Bertz CT molecular complexity index is 558. The van der Waals surface area contributed by atoms with Gasteiger partial charge in [-0.1, -0.05) is 19.1 Å². The Kier molecular flexibility index (Phi) is 5.01. The van der Waals surface area contributed by atoms with Crippen molar-refractivity contribution in [2.75, 3.05) is 26.0 Å². The normalized spacial score (nSPS) is 15.7. The summed E-state index contributed by atoms with van der Waals surface area (Å²) in [6.07, 6.45) is 3.10. The van der Waals surface area contributed by atoms with Crippen molar-refractivity contribution in [3.63, 3.8) is 0 Å². The lowest BCUT2D eigenvalue weighted by molar-refractivity contribution is 0.356. The fraction of sp³-hybridized carbons (Fsp3) is 0.571. The van der Waals surface area contributed by atoms with Gasteiger partial charge in [0.05, 0.1) is 12.9 Å². The molecule has 0 bridgehead atoms. The summed E-state index contributed by atoms with van der Waals surface area (Å²) >= 11 is 0. The zero-order valence-electron chi connectivity index (χ0n) is 12.0. The monoisotopic (exact) mass is 298 g/mol. The van der Waals surface area contributed by atoms with E-state index in [1.165, 1.54) is 17.4 Å². The van der Waals surface area contributed by atoms with Crippen LogP contribution in [-0.4, -0.2) is 34.4 Å². The largest absolute Gasteiger partial charge is 0.493 e. The van der Waals surface area contributed by atoms with Crippen LogP contribution in [0, 0.1) is 0 Å². The van der Waals surface area contributed by atoms with Crippen LogP contribution in [0.1, 0.15) is 30.5 Å². The lowest BCUT2D eigenvalue weighted by Gasteiger charge is -2.18. The molecule has 0 saturated heterocycles. The molecule has 112 valence electrons. The van der Waals surface area contributed by atoms with Crippen molar-refractivity contribution in [2.45, 2.75) is 25.8 Å². The minimum absolute atomic E-state index is 0.238. The molecule has 2 rings (SSSR count). The quantitative estimate of drug-likeness (QED) is 0.743. The molecular formula is C14H22N2O3S. The summed E-state index contributed by atoms with van der Waals surface area (Å²) in [5, 5.41) is 3.38. The Hall–Kier alpha value is -1.11. The van der Waals surface area contributed by atoms with Gasteiger partial charge in [0.2, 0.25) is 10.0 Å². The maximum atomic E-state index is 11.0. The van der Waals surface area contributed by atoms with Crippen LogP contribution >= 0.6 is 0 Å². The first-order valence-electron chi connectivity index (χ1n) is 6.93. The third-order valence-electron chi connectivity index (χ3n) is 3.40. The second-order valence-corrected chi connectivity index (χ2v) is 6.88. The molecule has 0 amide bonds. The highest BCUT2D eigenvalue weighted by atomic mass is 32.2. The van der Waals surface area contributed by atoms with Gasteiger partial charge in [-0.2, -0.15) is 0 Å². The Morgan fingerprint density at radius 2 is 2.15 bits per heavy atom. The first kappa shape index (κ1) is 15.3. The van der Waals surface area contributed by atoms with E-state index >= 15 is 0 Å². The Morgan fingerprint density at radius 1 is 1.35 bits per heavy atom. The number of hydrogen-bond acceptors (Lipinski definition) is 4. The van der Waals surface area contributed by atoms with Gasteiger partial charge in [0.25, 0.3) is 0 Å². The Labute approximate surface area is 120 Å². The zero-order valence-corrected chi connectivity index (χ0v) is 12.8. The van der Waals surface area contributed by atoms with Gasteiger partial charge in [0, 0.05) is 25.6 Å². The molecule has 5 nitrogen and oxygen atoms in total. The predicted octanol–water partition coefficient (Wildman–Crippen LogP) is 1.21. The summed E-state index contributed by atoms with van der Waals surface area (Å²) in [5.41, 5.74) is 2.49. The number of benzene rings is 1. The molecule has 1 heterocycles. The fourth-order valence-electron chi connectivity index (χ4n) is 2.40. The van der Waals surface area contributed by atoms with Crippen molar-refractivity contribution in [2.24, 2.45) is 0 Å². The van der Waals surface area contributed by atoms with Crippen LogP contribution in [0.4, 0.5) is 0 Å². The molecule has 1 unspecified atom stereocenters. The standard InChI is InChI=1S/C14H22N2O3S/c1-3-13(15-7-8-16-20(2,17)18)11-4-5-14-12(10-11)6-9-19-14/h4-5,10,13,15-16H,3,6-9H2,1-2H3. The highest BCUT2D eigenvalue weighted by Crippen LogP contribution is 2.28. The first-order chi connectivity index (χ1) is 9.49. The lowest BCUT2D eigenvalue weighted by Crippen LogP contribution is -2.32. The summed E-state index contributed by atoms with van der Waals surface area (Å²) in [4.78, 5) is 0. The van der Waals surface area contributed by atoms with Crippen molar-refractivity contribution in [3.8, 4) is 5.75 Å². The molecule has 0 radical (unpaired) electrons. The van der Waals surface area contributed by atoms with E-state index < -0.39 is 10.0 Å². The molecule has 1 aliphatic rings. The molecule has 0 aromatic heterocycles. The average Bonchev–Trinajstić information content (AvgIpc) is 2.84. The number of ether oxygens (including phenoxy) is 1. The van der Waals surface area contributed by atoms with Gasteiger partial charge in [-0.25, -0.2) is 13.1 Å². The summed E-state index contributed by atoms with van der Waals surface area (Å²) < 4.78 is 30.0. The minimum atomic E-state index is -3.11. The molecule has 20 heavy (non-hydrogen) atoms. The molecule has 0 fully saturated rings. The van der Waals surface area contributed by atoms with E-state index in [-0.39, 0.29) is 6.04 Å². The van der Waals surface area contributed by atoms with Gasteiger partial charge in [-0.05, 0) is 23.6 Å². The van der Waals surface area contributed by atoms with Crippen LogP contribution in [0.5, 0.6) is 5.75 Å². The molecule has 6 heteroatoms. The number of sulfonamides is 1. The molecule has 1 aliphatic heterocycles. The molecule has 1 aromatic carbocycles. The first-order valence-corrected chi connectivity index (χ1v) is 8.82. The van der Waals surface area contributed by atoms with Crippen LogP contribution in [0.25, 0.3) is 0 Å². The summed E-state index contributed by atoms with van der Waals surface area (Å²) in [6.45, 7) is 3.90. The molecular weight excluding hydrogens is 276 g/mol. The number of fused-ring (bicyclic) bond motifs is 1. The summed E-state index contributed by atoms with van der Waals surface area (Å²) in [5.74, 6) is 0.988. The minimum Gasteiger partial charge on any atom is -0.493 e. The number of hydrogen-bond donors (Lipinski definition) is 2. The lowest BCUT2D eigenvalue weighted by atomic mass is 10.0. The van der Waals surface area contributed by atoms with Gasteiger partial charge in [-0.15, -0.1) is 0 Å². The van der Waals surface area contributed by atoms with Crippen LogP contribution < -0.4 is 14.8 Å². The topological polar surface area (TPSA) is 67.4 Å². The van der Waals surface area contributed by atoms with Crippen LogP contribution in [-0.2, 0) is 16.4 Å². The molecule has 2 N–H and O–H groups in total. The fourth-order valence-corrected chi connectivity index (χ4v) is 2.88. The number of rotatable bonds is 7. The third-order valence-corrected chi connectivity index (χ3v) is 4.13. The molecule has 0 aliphatic carbocycles. The van der Waals surface area contributed by atoms with E-state index in [1.807, 2.05) is 6.07 Å². The third kappa shape index (κ3) is 4.19. The van der Waals surface area contributed by atoms with Crippen molar-refractivity contribution >= 4 is 10.0 Å². The maximum Gasteiger partial charge on any atom is 0.208 e. The van der Waals surface area contributed by atoms with Gasteiger partial charge < -0.3 is 10.1 Å². The second kappa shape index (κ2) is 6.56. The summed E-state index contributed by atoms with van der Waals surface area (Å²) in [7, 11) is -3.11. The highest BCUT2D eigenvalue weighted by Gasteiger charge is 2.15. The van der Waals surface area contributed by atoms with Crippen LogP contribution in [0.15, 0.2) is 18.2 Å². The predicted molar refractivity (Wildman–Crippen MR) is 79.5 cm³/mol. The number of nitrogens with one attached hydrogen (secondary N) is 2. The van der Waals surface area contributed by atoms with Crippen LogP contribution in [0.3, 0.4) is 0 Å². The molecule has 1 aromatic rings. The highest BCUT2D eigenvalue weighted by molar-refractivity contribution is 7.88. The average molecular weight is 298 g/mol. The summed E-state index contributed by atoms with van der Waals surface area (Å²) in [6, 6.07) is 6.53. The van der Waals surface area contributed by atoms with E-state index in [1.54, 1.807) is 0 Å². The zero-order chi connectivity index (χ0) is 14.6. The van der Waals surface area contributed by atoms with E-state index in [0.717, 1.165) is 25.2 Å². The maximum absolute atomic E-state index is 11.0. The van der Waals surface area contributed by atoms with Crippen molar-refractivity contribution in [1.29, 1.82) is 0 Å². The van der Waals surface area contributed by atoms with E-state index in [0.29, 0.717) is 13.1 Å². The SMILES string of the molecule is CCC(NCCNS(C)(=O)=O)c1ccc2c(c1)CCO2. The Balaban J connectivity index is 1.91. The van der Waals surface area contributed by atoms with Gasteiger partial charge in [-0.3, -0.25) is 0 Å². The van der Waals surface area contributed by atoms with E-state index in [4.69, 9.17) is 4.74 Å².